The molecule has 1 aromatic heterocycles. The molecule has 0 spiro atoms. The van der Waals surface area contributed by atoms with Gasteiger partial charge in [0.15, 0.2) is 5.43 Å². The molecule has 6 heteroatoms. The molecule has 176 valence electrons. The maximum Gasteiger partial charge on any atom is 0.337 e. The van der Waals surface area contributed by atoms with E-state index in [-0.39, 0.29) is 16.9 Å². The number of anilines is 1. The topological polar surface area (TPSA) is 103 Å². The van der Waals surface area contributed by atoms with Gasteiger partial charge in [-0.2, -0.15) is 5.26 Å². The van der Waals surface area contributed by atoms with Crippen LogP contribution in [-0.2, 0) is 12.8 Å². The predicted octanol–water partition coefficient (Wildman–Crippen LogP) is 5.82. The van der Waals surface area contributed by atoms with Crippen molar-refractivity contribution in [2.24, 2.45) is 5.92 Å². The zero-order valence-electron chi connectivity index (χ0n) is 19.7. The summed E-state index contributed by atoms with van der Waals surface area (Å²) in [4.78, 5) is 24.5. The van der Waals surface area contributed by atoms with Crippen LogP contribution >= 0.6 is 0 Å². The van der Waals surface area contributed by atoms with E-state index in [0.29, 0.717) is 41.8 Å². The van der Waals surface area contributed by atoms with Gasteiger partial charge in [0.1, 0.15) is 11.3 Å². The van der Waals surface area contributed by atoms with Gasteiger partial charge in [0, 0.05) is 29.8 Å². The second kappa shape index (κ2) is 10.3. The Hall–Kier alpha value is -4.37. The van der Waals surface area contributed by atoms with E-state index in [1.54, 1.807) is 24.3 Å². The lowest BCUT2D eigenvalue weighted by Gasteiger charge is -2.12. The van der Waals surface area contributed by atoms with Crippen LogP contribution in [0.1, 0.15) is 34.0 Å². The van der Waals surface area contributed by atoms with Crippen LogP contribution in [0.4, 0.5) is 5.69 Å². The minimum Gasteiger partial charge on any atom is -0.478 e. The number of carboxylic acid groups (broad SMARTS) is 1. The van der Waals surface area contributed by atoms with Crippen LogP contribution in [0.25, 0.3) is 22.3 Å². The van der Waals surface area contributed by atoms with Crippen molar-refractivity contribution in [3.8, 4) is 17.4 Å². The number of carbonyl (C=O) groups is 1. The van der Waals surface area contributed by atoms with Gasteiger partial charge in [0.05, 0.1) is 17.0 Å². The van der Waals surface area contributed by atoms with Gasteiger partial charge in [-0.25, -0.2) is 4.79 Å². The predicted molar refractivity (Wildman–Crippen MR) is 137 cm³/mol. The first-order chi connectivity index (χ1) is 16.9. The highest BCUT2D eigenvalue weighted by Crippen LogP contribution is 2.27. The lowest BCUT2D eigenvalue weighted by Crippen LogP contribution is -2.10. The first kappa shape index (κ1) is 23.8. The molecule has 0 aliphatic heterocycles. The first-order valence-electron chi connectivity index (χ1n) is 11.5. The lowest BCUT2D eigenvalue weighted by molar-refractivity contribution is 0.0698. The van der Waals surface area contributed by atoms with Crippen molar-refractivity contribution in [2.45, 2.75) is 26.7 Å². The van der Waals surface area contributed by atoms with Crippen LogP contribution in [0, 0.1) is 24.2 Å². The molecule has 0 radical (unpaired) electrons. The monoisotopic (exact) mass is 466 g/mol. The van der Waals surface area contributed by atoms with Crippen LogP contribution in [0.2, 0.25) is 0 Å². The molecule has 4 rings (SSSR count). The molecular formula is C29H26N2O4. The molecule has 0 bridgehead atoms. The molecule has 6 nitrogen and oxygen atoms in total. The number of benzene rings is 3. The average molecular weight is 467 g/mol. The number of hydrogen-bond acceptors (Lipinski definition) is 5. The summed E-state index contributed by atoms with van der Waals surface area (Å²) in [6.45, 7) is 4.28. The van der Waals surface area contributed by atoms with Gasteiger partial charge in [-0.1, -0.05) is 36.4 Å². The van der Waals surface area contributed by atoms with Gasteiger partial charge in [0.2, 0.25) is 0 Å². The molecule has 4 aromatic rings. The molecule has 0 aliphatic rings. The number of nitrogens with zero attached hydrogens (tertiary/aromatic N) is 1. The number of para-hydroxylation sites is 1. The van der Waals surface area contributed by atoms with Gasteiger partial charge in [-0.15, -0.1) is 0 Å². The molecule has 0 saturated carbocycles. The fourth-order valence-corrected chi connectivity index (χ4v) is 4.22. The number of aromatic carboxylic acids is 1. The molecule has 0 saturated heterocycles. The van der Waals surface area contributed by atoms with Crippen LogP contribution in [0.15, 0.2) is 75.9 Å². The zero-order chi connectivity index (χ0) is 24.9. The van der Waals surface area contributed by atoms with Crippen molar-refractivity contribution in [3.05, 3.63) is 99.2 Å². The highest BCUT2D eigenvalue weighted by Gasteiger charge is 2.14. The number of carboxylic acids is 1. The third-order valence-corrected chi connectivity index (χ3v) is 5.89. The van der Waals surface area contributed by atoms with Gasteiger partial charge >= 0.3 is 5.97 Å². The van der Waals surface area contributed by atoms with Gasteiger partial charge in [-0.3, -0.25) is 4.79 Å². The Morgan fingerprint density at radius 3 is 2.69 bits per heavy atom. The van der Waals surface area contributed by atoms with Gasteiger partial charge in [-0.05, 0) is 67.6 Å². The Kier molecular flexibility index (Phi) is 6.98. The largest absolute Gasteiger partial charge is 0.478 e. The molecule has 0 amide bonds. The fourth-order valence-electron chi connectivity index (χ4n) is 4.22. The molecule has 1 atom stereocenters. The third-order valence-electron chi connectivity index (χ3n) is 5.89. The quantitative estimate of drug-likeness (QED) is 0.339. The van der Waals surface area contributed by atoms with Crippen LogP contribution in [0.5, 0.6) is 0 Å². The van der Waals surface area contributed by atoms with Crippen LogP contribution in [-0.4, -0.2) is 17.6 Å². The number of nitriles is 1. The van der Waals surface area contributed by atoms with Crippen molar-refractivity contribution >= 4 is 22.6 Å². The van der Waals surface area contributed by atoms with E-state index in [1.165, 1.54) is 6.07 Å². The molecule has 35 heavy (non-hydrogen) atoms. The maximum atomic E-state index is 13.0. The normalized spacial score (nSPS) is 11.7. The Morgan fingerprint density at radius 1 is 1.11 bits per heavy atom. The number of aryl methyl sites for hydroxylation is 1. The second-order valence-corrected chi connectivity index (χ2v) is 8.74. The number of nitrogens with one attached hydrogen (secondary N) is 1. The van der Waals surface area contributed by atoms with Crippen molar-refractivity contribution in [3.63, 3.8) is 0 Å². The summed E-state index contributed by atoms with van der Waals surface area (Å²) < 4.78 is 6.28. The van der Waals surface area contributed by atoms with E-state index in [2.05, 4.69) is 11.4 Å². The number of fused-ring (bicyclic) bond motifs is 1. The maximum absolute atomic E-state index is 13.0. The van der Waals surface area contributed by atoms with E-state index in [1.807, 2.05) is 50.2 Å². The Labute approximate surface area is 203 Å². The second-order valence-electron chi connectivity index (χ2n) is 8.74. The molecule has 0 unspecified atom stereocenters. The van der Waals surface area contributed by atoms with Crippen LogP contribution < -0.4 is 10.7 Å². The van der Waals surface area contributed by atoms with E-state index in [4.69, 9.17) is 9.68 Å². The van der Waals surface area contributed by atoms with E-state index < -0.39 is 5.97 Å². The minimum atomic E-state index is -0.990. The van der Waals surface area contributed by atoms with Crippen molar-refractivity contribution < 1.29 is 14.3 Å². The summed E-state index contributed by atoms with van der Waals surface area (Å²) in [6, 6.07) is 22.1. The first-order valence-corrected chi connectivity index (χ1v) is 11.5. The highest BCUT2D eigenvalue weighted by molar-refractivity contribution is 5.94. The third kappa shape index (κ3) is 5.42. The number of hydrogen-bond donors (Lipinski definition) is 2. The molecule has 0 aliphatic carbocycles. The van der Waals surface area contributed by atoms with E-state index in [0.717, 1.165) is 22.3 Å². The minimum absolute atomic E-state index is 0.109. The summed E-state index contributed by atoms with van der Waals surface area (Å²) >= 11 is 0. The summed E-state index contributed by atoms with van der Waals surface area (Å²) in [7, 11) is 0. The number of rotatable bonds is 8. The van der Waals surface area contributed by atoms with Crippen molar-refractivity contribution in [1.29, 1.82) is 5.26 Å². The fraction of sp³-hybridized carbons (Fsp3) is 0.207. The smallest absolute Gasteiger partial charge is 0.337 e. The van der Waals surface area contributed by atoms with E-state index >= 15 is 0 Å². The van der Waals surface area contributed by atoms with Crippen LogP contribution in [0.3, 0.4) is 0 Å². The lowest BCUT2D eigenvalue weighted by atomic mass is 9.99. The Balaban J connectivity index is 1.67. The molecule has 2 N–H and O–H groups in total. The van der Waals surface area contributed by atoms with Gasteiger partial charge in [0.25, 0.3) is 0 Å². The van der Waals surface area contributed by atoms with Crippen molar-refractivity contribution in [1.82, 2.24) is 0 Å². The molecular weight excluding hydrogens is 440 g/mol. The Morgan fingerprint density at radius 2 is 1.91 bits per heavy atom. The summed E-state index contributed by atoms with van der Waals surface area (Å²) in [5.74, 6) is -0.624. The summed E-state index contributed by atoms with van der Waals surface area (Å²) in [5, 5.41) is 22.2. The molecule has 1 heterocycles. The highest BCUT2D eigenvalue weighted by atomic mass is 16.4. The zero-order valence-corrected chi connectivity index (χ0v) is 19.7. The van der Waals surface area contributed by atoms with E-state index in [9.17, 15) is 14.7 Å². The standard InChI is InChI=1S/C29H26N2O4/c1-18-13-22(10-11-31-25-9-4-3-8-23(25)29(33)34)28-24(14-18)26(32)16-27(35-28)21-7-5-6-20(15-21)12-19(2)17-30/h3-9,13-16,19,31H,10-12H2,1-2H3,(H,33,34)/t19-/m0/s1. The molecule has 0 fully saturated rings. The molecule has 3 aromatic carbocycles. The Bertz CT molecular complexity index is 1500. The SMILES string of the molecule is Cc1cc(CCNc2ccccc2C(=O)O)c2oc(-c3cccc(C[C@H](C)C#N)c3)cc(=O)c2c1. The van der Waals surface area contributed by atoms with Gasteiger partial charge < -0.3 is 14.8 Å². The average Bonchev–Trinajstić information content (AvgIpc) is 2.84. The summed E-state index contributed by atoms with van der Waals surface area (Å²) in [5.41, 5.74) is 4.77. The summed E-state index contributed by atoms with van der Waals surface area (Å²) in [6.07, 6.45) is 1.16. The van der Waals surface area contributed by atoms with Crippen molar-refractivity contribution in [2.75, 3.05) is 11.9 Å².